The summed E-state index contributed by atoms with van der Waals surface area (Å²) in [7, 11) is 0. The van der Waals surface area contributed by atoms with Crippen molar-refractivity contribution < 1.29 is 4.74 Å². The highest BCUT2D eigenvalue weighted by Gasteiger charge is 2.09. The van der Waals surface area contributed by atoms with Gasteiger partial charge < -0.3 is 10.1 Å². The van der Waals surface area contributed by atoms with Crippen LogP contribution < -0.4 is 5.32 Å². The first kappa shape index (κ1) is 16.0. The smallest absolute Gasteiger partial charge is 0.143 e. The Hall–Kier alpha value is -2.51. The van der Waals surface area contributed by atoms with E-state index in [1.54, 1.807) is 12.7 Å². The van der Waals surface area contributed by atoms with Gasteiger partial charge in [-0.3, -0.25) is 9.47 Å². The van der Waals surface area contributed by atoms with Gasteiger partial charge in [-0.1, -0.05) is 12.1 Å². The molecule has 1 aliphatic heterocycles. The second-order valence-corrected chi connectivity index (χ2v) is 6.10. The molecule has 0 unspecified atom stereocenters. The lowest BCUT2D eigenvalue weighted by atomic mass is 10.3. The van der Waals surface area contributed by atoms with Crippen LogP contribution >= 0.6 is 0 Å². The van der Waals surface area contributed by atoms with Crippen molar-refractivity contribution in [3.8, 4) is 5.82 Å². The fraction of sp³-hybridized carbons (Fsp3) is 0.389. The lowest BCUT2D eigenvalue weighted by Crippen LogP contribution is -2.37. The number of imidazole rings is 1. The first-order chi connectivity index (χ1) is 12.4. The Labute approximate surface area is 146 Å². The van der Waals surface area contributed by atoms with E-state index in [2.05, 4.69) is 25.2 Å². The van der Waals surface area contributed by atoms with Crippen molar-refractivity contribution in [2.75, 3.05) is 44.7 Å². The molecular weight excluding hydrogens is 316 g/mol. The van der Waals surface area contributed by atoms with Crippen LogP contribution in [0.3, 0.4) is 0 Å². The van der Waals surface area contributed by atoms with Crippen LogP contribution in [0.25, 0.3) is 16.9 Å². The molecule has 0 saturated carbocycles. The van der Waals surface area contributed by atoms with Gasteiger partial charge >= 0.3 is 0 Å². The number of ether oxygens (including phenoxy) is 1. The van der Waals surface area contributed by atoms with Crippen LogP contribution in [0.5, 0.6) is 0 Å². The van der Waals surface area contributed by atoms with Crippen LogP contribution in [0.2, 0.25) is 0 Å². The van der Waals surface area contributed by atoms with Gasteiger partial charge in [-0.15, -0.1) is 0 Å². The number of benzene rings is 1. The Morgan fingerprint density at radius 3 is 2.88 bits per heavy atom. The van der Waals surface area contributed by atoms with Crippen LogP contribution in [0.4, 0.5) is 5.82 Å². The Bertz CT molecular complexity index is 827. The third-order valence-electron chi connectivity index (χ3n) is 4.41. The molecule has 1 aliphatic rings. The van der Waals surface area contributed by atoms with Gasteiger partial charge in [-0.2, -0.15) is 0 Å². The Kier molecular flexibility index (Phi) is 4.85. The zero-order valence-electron chi connectivity index (χ0n) is 14.1. The molecule has 0 amide bonds. The molecule has 1 saturated heterocycles. The minimum Gasteiger partial charge on any atom is -0.379 e. The van der Waals surface area contributed by atoms with Gasteiger partial charge in [-0.05, 0) is 25.1 Å². The van der Waals surface area contributed by atoms with Crippen LogP contribution in [0.1, 0.15) is 6.42 Å². The molecule has 2 aromatic heterocycles. The number of nitrogens with zero attached hydrogens (tertiary/aromatic N) is 5. The number of nitrogens with one attached hydrogen (secondary N) is 1. The molecule has 7 heteroatoms. The van der Waals surface area contributed by atoms with Gasteiger partial charge in [0.1, 0.15) is 24.3 Å². The summed E-state index contributed by atoms with van der Waals surface area (Å²) in [6.45, 7) is 5.73. The molecule has 4 rings (SSSR count). The van der Waals surface area contributed by atoms with Crippen LogP contribution in [-0.2, 0) is 4.74 Å². The van der Waals surface area contributed by atoms with Gasteiger partial charge in [-0.25, -0.2) is 15.0 Å². The number of rotatable bonds is 6. The molecule has 1 aromatic carbocycles. The standard InChI is InChI=1S/C18H22N6O/c1-2-5-16-15(4-1)22-14-24(16)18-12-17(20-13-21-18)19-6-3-7-23-8-10-25-11-9-23/h1-2,4-5,12-14H,3,6-11H2,(H,19,20,21). The molecule has 3 aromatic rings. The average Bonchev–Trinajstić information content (AvgIpc) is 3.11. The normalized spacial score (nSPS) is 15.5. The Morgan fingerprint density at radius 2 is 1.96 bits per heavy atom. The van der Waals surface area contributed by atoms with E-state index in [0.29, 0.717) is 0 Å². The van der Waals surface area contributed by atoms with Crippen molar-refractivity contribution in [3.63, 3.8) is 0 Å². The van der Waals surface area contributed by atoms with Crippen molar-refractivity contribution in [2.45, 2.75) is 6.42 Å². The maximum Gasteiger partial charge on any atom is 0.143 e. The number of anilines is 1. The molecule has 3 heterocycles. The monoisotopic (exact) mass is 338 g/mol. The number of fused-ring (bicyclic) bond motifs is 1. The second kappa shape index (κ2) is 7.58. The lowest BCUT2D eigenvalue weighted by molar-refractivity contribution is 0.0378. The predicted molar refractivity (Wildman–Crippen MR) is 97.0 cm³/mol. The third kappa shape index (κ3) is 3.78. The van der Waals surface area contributed by atoms with Gasteiger partial charge in [0.05, 0.1) is 24.2 Å². The largest absolute Gasteiger partial charge is 0.379 e. The summed E-state index contributed by atoms with van der Waals surface area (Å²) >= 11 is 0. The van der Waals surface area contributed by atoms with Crippen molar-refractivity contribution in [1.29, 1.82) is 0 Å². The minimum absolute atomic E-state index is 0.819. The minimum atomic E-state index is 0.819. The van der Waals surface area contributed by atoms with Gasteiger partial charge in [0, 0.05) is 25.7 Å². The highest BCUT2D eigenvalue weighted by molar-refractivity contribution is 5.76. The molecule has 25 heavy (non-hydrogen) atoms. The molecule has 0 aliphatic carbocycles. The number of hydrogen-bond acceptors (Lipinski definition) is 6. The SMILES string of the molecule is c1ccc2c(c1)ncn2-c1cc(NCCCN2CCOCC2)ncn1. The first-order valence-electron chi connectivity index (χ1n) is 8.69. The highest BCUT2D eigenvalue weighted by atomic mass is 16.5. The van der Waals surface area contributed by atoms with Crippen molar-refractivity contribution >= 4 is 16.9 Å². The number of hydrogen-bond donors (Lipinski definition) is 1. The maximum atomic E-state index is 5.37. The number of aromatic nitrogens is 4. The van der Waals surface area contributed by atoms with E-state index in [4.69, 9.17) is 4.74 Å². The zero-order valence-corrected chi connectivity index (χ0v) is 14.1. The summed E-state index contributed by atoms with van der Waals surface area (Å²) in [6.07, 6.45) is 4.47. The van der Waals surface area contributed by atoms with E-state index in [1.165, 1.54) is 0 Å². The Morgan fingerprint density at radius 1 is 1.08 bits per heavy atom. The molecule has 0 spiro atoms. The van der Waals surface area contributed by atoms with Gasteiger partial charge in [0.2, 0.25) is 0 Å². The van der Waals surface area contributed by atoms with Crippen LogP contribution in [0.15, 0.2) is 43.0 Å². The molecule has 7 nitrogen and oxygen atoms in total. The number of para-hydroxylation sites is 2. The summed E-state index contributed by atoms with van der Waals surface area (Å²) in [5, 5.41) is 3.39. The first-order valence-corrected chi connectivity index (χ1v) is 8.69. The van der Waals surface area contributed by atoms with Crippen molar-refractivity contribution in [3.05, 3.63) is 43.0 Å². The van der Waals surface area contributed by atoms with E-state index < -0.39 is 0 Å². The quantitative estimate of drug-likeness (QED) is 0.693. The second-order valence-electron chi connectivity index (χ2n) is 6.10. The molecule has 0 bridgehead atoms. The third-order valence-corrected chi connectivity index (χ3v) is 4.41. The van der Waals surface area contributed by atoms with Crippen LogP contribution in [-0.4, -0.2) is 63.8 Å². The van der Waals surface area contributed by atoms with E-state index >= 15 is 0 Å². The van der Waals surface area contributed by atoms with Crippen LogP contribution in [0, 0.1) is 0 Å². The van der Waals surface area contributed by atoms with E-state index in [1.807, 2.05) is 34.9 Å². The summed E-state index contributed by atoms with van der Waals surface area (Å²) < 4.78 is 7.35. The molecule has 1 N–H and O–H groups in total. The summed E-state index contributed by atoms with van der Waals surface area (Å²) in [4.78, 5) is 15.6. The molecule has 0 atom stereocenters. The molecule has 1 fully saturated rings. The fourth-order valence-corrected chi connectivity index (χ4v) is 3.06. The fourth-order valence-electron chi connectivity index (χ4n) is 3.06. The summed E-state index contributed by atoms with van der Waals surface area (Å²) in [5.74, 6) is 1.66. The molecular formula is C18H22N6O. The van der Waals surface area contributed by atoms with Crippen molar-refractivity contribution in [1.82, 2.24) is 24.4 Å². The highest BCUT2D eigenvalue weighted by Crippen LogP contribution is 2.17. The Balaban J connectivity index is 1.38. The topological polar surface area (TPSA) is 68.1 Å². The van der Waals surface area contributed by atoms with Crippen molar-refractivity contribution in [2.24, 2.45) is 0 Å². The van der Waals surface area contributed by atoms with Gasteiger partial charge in [0.25, 0.3) is 0 Å². The van der Waals surface area contributed by atoms with Gasteiger partial charge in [0.15, 0.2) is 0 Å². The lowest BCUT2D eigenvalue weighted by Gasteiger charge is -2.26. The summed E-state index contributed by atoms with van der Waals surface area (Å²) in [6, 6.07) is 9.99. The number of morpholine rings is 1. The maximum absolute atomic E-state index is 5.37. The molecule has 0 radical (unpaired) electrons. The predicted octanol–water partition coefficient (Wildman–Crippen LogP) is 1.95. The summed E-state index contributed by atoms with van der Waals surface area (Å²) in [5.41, 5.74) is 2.00. The zero-order chi connectivity index (χ0) is 16.9. The van der Waals surface area contributed by atoms with E-state index in [9.17, 15) is 0 Å². The van der Waals surface area contributed by atoms with E-state index in [-0.39, 0.29) is 0 Å². The van der Waals surface area contributed by atoms with E-state index in [0.717, 1.165) is 68.5 Å². The molecule has 130 valence electrons. The average molecular weight is 338 g/mol.